The van der Waals surface area contributed by atoms with Gasteiger partial charge in [-0.05, 0) is 91.0 Å². The minimum Gasteiger partial charge on any atom is -0.486 e. The van der Waals surface area contributed by atoms with Crippen LogP contribution in [0.3, 0.4) is 0 Å². The summed E-state index contributed by atoms with van der Waals surface area (Å²) in [5.41, 5.74) is 1.61. The van der Waals surface area contributed by atoms with Crippen LogP contribution in [0.2, 0.25) is 0 Å². The average Bonchev–Trinajstić information content (AvgIpc) is 3.03. The number of hydrogen-bond acceptors (Lipinski definition) is 1. The fourth-order valence-corrected chi connectivity index (χ4v) is 7.29. The summed E-state index contributed by atoms with van der Waals surface area (Å²) in [4.78, 5) is 0. The summed E-state index contributed by atoms with van der Waals surface area (Å²) in [6, 6.07) is 12.6. The van der Waals surface area contributed by atoms with Crippen molar-refractivity contribution in [3.63, 3.8) is 0 Å². The van der Waals surface area contributed by atoms with E-state index in [1.807, 2.05) is 0 Å². The summed E-state index contributed by atoms with van der Waals surface area (Å²) < 4.78 is 65.1. The van der Waals surface area contributed by atoms with E-state index < -0.39 is 23.3 Å². The molecule has 0 aromatic heterocycles. The molecule has 5 heteroatoms. The lowest BCUT2D eigenvalue weighted by molar-refractivity contribution is 0.155. The number of halogens is 4. The van der Waals surface area contributed by atoms with Crippen molar-refractivity contribution in [1.82, 2.24) is 0 Å². The van der Waals surface area contributed by atoms with Crippen molar-refractivity contribution in [3.05, 3.63) is 90.0 Å². The molecule has 3 aromatic carbocycles. The van der Waals surface area contributed by atoms with E-state index in [-0.39, 0.29) is 29.4 Å². The lowest BCUT2D eigenvalue weighted by Gasteiger charge is -2.38. The van der Waals surface area contributed by atoms with Gasteiger partial charge in [0, 0.05) is 11.1 Å². The van der Waals surface area contributed by atoms with Gasteiger partial charge >= 0.3 is 0 Å². The van der Waals surface area contributed by atoms with E-state index in [0.29, 0.717) is 22.6 Å². The third-order valence-corrected chi connectivity index (χ3v) is 9.76. The Kier molecular flexibility index (Phi) is 10.1. The van der Waals surface area contributed by atoms with Crippen LogP contribution in [0.4, 0.5) is 17.6 Å². The predicted molar refractivity (Wildman–Crippen MR) is 163 cm³/mol. The topological polar surface area (TPSA) is 9.23 Å². The maximum absolute atomic E-state index is 15.4. The highest BCUT2D eigenvalue weighted by molar-refractivity contribution is 5.72. The van der Waals surface area contributed by atoms with Crippen molar-refractivity contribution in [3.8, 4) is 28.0 Å². The van der Waals surface area contributed by atoms with Crippen LogP contribution in [0.25, 0.3) is 22.3 Å². The van der Waals surface area contributed by atoms with Gasteiger partial charge in [-0.15, -0.1) is 0 Å². The Morgan fingerprint density at radius 3 is 1.81 bits per heavy atom. The first-order chi connectivity index (χ1) is 20.4. The Morgan fingerprint density at radius 2 is 1.24 bits per heavy atom. The van der Waals surface area contributed by atoms with Gasteiger partial charge in [0.05, 0.1) is 0 Å². The van der Waals surface area contributed by atoms with E-state index in [2.05, 4.69) is 13.5 Å². The minimum absolute atomic E-state index is 0.0457. The van der Waals surface area contributed by atoms with Crippen LogP contribution in [-0.4, -0.2) is 6.61 Å². The number of ether oxygens (including phenoxy) is 1. The molecular weight excluding hydrogens is 536 g/mol. The molecule has 0 bridgehead atoms. The highest BCUT2D eigenvalue weighted by Gasteiger charge is 2.32. The fourth-order valence-electron chi connectivity index (χ4n) is 7.29. The first-order valence-electron chi connectivity index (χ1n) is 15.7. The molecule has 0 spiro atoms. The Labute approximate surface area is 248 Å². The summed E-state index contributed by atoms with van der Waals surface area (Å²) >= 11 is 0. The van der Waals surface area contributed by atoms with E-state index in [9.17, 15) is 8.78 Å². The molecule has 2 aliphatic carbocycles. The van der Waals surface area contributed by atoms with Crippen molar-refractivity contribution < 1.29 is 22.3 Å². The van der Waals surface area contributed by atoms with Gasteiger partial charge in [-0.2, -0.15) is 4.39 Å². The standard InChI is InChI=1S/C37H42F4O/c1-3-5-6-24-7-9-25(10-8-24)26-11-13-27(14-12-26)30-19-20-31(35(39)34(30)38)28-15-17-29(18-16-28)32-21-22-33(42-23-4-2)37(41)36(32)40/h4,15-22,24-27H,2-3,5-14,23H2,1H3. The third kappa shape index (κ3) is 6.61. The van der Waals surface area contributed by atoms with Crippen LogP contribution in [0.5, 0.6) is 5.75 Å². The van der Waals surface area contributed by atoms with Gasteiger partial charge in [-0.3, -0.25) is 0 Å². The molecule has 2 saturated carbocycles. The second kappa shape index (κ2) is 13.9. The maximum Gasteiger partial charge on any atom is 0.201 e. The van der Waals surface area contributed by atoms with E-state index in [4.69, 9.17) is 4.74 Å². The van der Waals surface area contributed by atoms with Crippen LogP contribution in [0, 0.1) is 41.0 Å². The molecule has 0 radical (unpaired) electrons. The Balaban J connectivity index is 1.23. The van der Waals surface area contributed by atoms with Crippen LogP contribution in [-0.2, 0) is 0 Å². The highest BCUT2D eigenvalue weighted by Crippen LogP contribution is 2.45. The average molecular weight is 579 g/mol. The molecule has 0 atom stereocenters. The molecule has 1 nitrogen and oxygen atoms in total. The fraction of sp³-hybridized carbons (Fsp3) is 0.459. The van der Waals surface area contributed by atoms with E-state index in [1.54, 1.807) is 36.4 Å². The molecule has 2 aliphatic rings. The normalized spacial score (nSPS) is 22.6. The van der Waals surface area contributed by atoms with Crippen LogP contribution < -0.4 is 4.74 Å². The number of unbranched alkanes of at least 4 members (excludes halogenated alkanes) is 1. The second-order valence-corrected chi connectivity index (χ2v) is 12.3. The van der Waals surface area contributed by atoms with Gasteiger partial charge in [-0.1, -0.05) is 88.1 Å². The lowest BCUT2D eigenvalue weighted by Crippen LogP contribution is -2.25. The maximum atomic E-state index is 15.4. The lowest BCUT2D eigenvalue weighted by atomic mass is 9.68. The zero-order valence-corrected chi connectivity index (χ0v) is 24.6. The molecule has 2 fully saturated rings. The Hall–Kier alpha value is -3.08. The molecule has 3 aromatic rings. The molecule has 5 rings (SSSR count). The minimum atomic E-state index is -1.08. The Morgan fingerprint density at radius 1 is 0.690 bits per heavy atom. The molecule has 0 amide bonds. The van der Waals surface area contributed by atoms with Crippen LogP contribution in [0.15, 0.2) is 61.2 Å². The van der Waals surface area contributed by atoms with Crippen molar-refractivity contribution >= 4 is 0 Å². The molecule has 0 unspecified atom stereocenters. The van der Waals surface area contributed by atoms with E-state index >= 15 is 8.78 Å². The molecule has 42 heavy (non-hydrogen) atoms. The number of rotatable bonds is 10. The summed E-state index contributed by atoms with van der Waals surface area (Å²) in [6.45, 7) is 5.83. The van der Waals surface area contributed by atoms with Gasteiger partial charge in [0.1, 0.15) is 6.61 Å². The van der Waals surface area contributed by atoms with Crippen LogP contribution >= 0.6 is 0 Å². The SMILES string of the molecule is C=CCOc1ccc(-c2ccc(-c3ccc(C4CCC(C5CCC(CCCC)CC5)CC4)c(F)c3F)cc2)c(F)c1F. The predicted octanol–water partition coefficient (Wildman–Crippen LogP) is 11.4. The van der Waals surface area contributed by atoms with Gasteiger partial charge < -0.3 is 4.74 Å². The van der Waals surface area contributed by atoms with Crippen molar-refractivity contribution in [2.45, 2.75) is 83.5 Å². The summed E-state index contributed by atoms with van der Waals surface area (Å²) in [5, 5.41) is 0. The zero-order chi connectivity index (χ0) is 29.6. The molecular formula is C37H42F4O. The zero-order valence-electron chi connectivity index (χ0n) is 24.6. The summed E-state index contributed by atoms with van der Waals surface area (Å²) in [7, 11) is 0. The molecule has 0 heterocycles. The first-order valence-corrected chi connectivity index (χ1v) is 15.7. The van der Waals surface area contributed by atoms with Crippen LogP contribution in [0.1, 0.15) is 89.0 Å². The number of benzene rings is 3. The highest BCUT2D eigenvalue weighted by atomic mass is 19.2. The first kappa shape index (κ1) is 30.4. The second-order valence-electron chi connectivity index (χ2n) is 12.3. The van der Waals surface area contributed by atoms with Crippen molar-refractivity contribution in [1.29, 1.82) is 0 Å². The summed E-state index contributed by atoms with van der Waals surface area (Å²) in [6.07, 6.45) is 14.8. The molecule has 0 N–H and O–H groups in total. The Bertz CT molecular complexity index is 1350. The molecule has 224 valence electrons. The van der Waals surface area contributed by atoms with Crippen molar-refractivity contribution in [2.75, 3.05) is 6.61 Å². The van der Waals surface area contributed by atoms with Crippen molar-refractivity contribution in [2.24, 2.45) is 17.8 Å². The third-order valence-electron chi connectivity index (χ3n) is 9.76. The molecule has 0 saturated heterocycles. The van der Waals surface area contributed by atoms with Gasteiger partial charge in [-0.25, -0.2) is 13.2 Å². The summed E-state index contributed by atoms with van der Waals surface area (Å²) in [5.74, 6) is -1.45. The van der Waals surface area contributed by atoms with E-state index in [1.165, 1.54) is 63.2 Å². The number of hydrogen-bond donors (Lipinski definition) is 0. The molecule has 0 aliphatic heterocycles. The van der Waals surface area contributed by atoms with Gasteiger partial charge in [0.25, 0.3) is 0 Å². The van der Waals surface area contributed by atoms with Gasteiger partial charge in [0.15, 0.2) is 23.2 Å². The monoisotopic (exact) mass is 578 g/mol. The van der Waals surface area contributed by atoms with Gasteiger partial charge in [0.2, 0.25) is 5.82 Å². The largest absolute Gasteiger partial charge is 0.486 e. The smallest absolute Gasteiger partial charge is 0.201 e. The van der Waals surface area contributed by atoms with E-state index in [0.717, 1.165) is 37.5 Å². The quantitative estimate of drug-likeness (QED) is 0.172.